The Bertz CT molecular complexity index is 290. The Kier molecular flexibility index (Phi) is 4.91. The summed E-state index contributed by atoms with van der Waals surface area (Å²) in [5.41, 5.74) is 0.146. The minimum atomic E-state index is 0.146. The zero-order valence-corrected chi connectivity index (χ0v) is 13.5. The Labute approximate surface area is 119 Å². The van der Waals surface area contributed by atoms with Gasteiger partial charge in [0.25, 0.3) is 0 Å². The third kappa shape index (κ3) is 3.32. The number of piperazine rings is 1. The van der Waals surface area contributed by atoms with Gasteiger partial charge < -0.3 is 4.74 Å². The van der Waals surface area contributed by atoms with Crippen LogP contribution in [0.5, 0.6) is 0 Å². The fourth-order valence-corrected chi connectivity index (χ4v) is 3.91. The second-order valence-electron chi connectivity index (χ2n) is 7.35. The van der Waals surface area contributed by atoms with E-state index in [1.807, 2.05) is 7.11 Å². The van der Waals surface area contributed by atoms with Gasteiger partial charge in [-0.05, 0) is 39.2 Å². The molecule has 3 heteroatoms. The Morgan fingerprint density at radius 3 is 2.58 bits per heavy atom. The molecule has 2 heterocycles. The summed E-state index contributed by atoms with van der Waals surface area (Å²) in [5.74, 6) is 0.707. The highest BCUT2D eigenvalue weighted by atomic mass is 16.5. The first kappa shape index (κ1) is 15.3. The van der Waals surface area contributed by atoms with Gasteiger partial charge in [0.05, 0.1) is 6.61 Å². The van der Waals surface area contributed by atoms with Gasteiger partial charge in [-0.1, -0.05) is 20.3 Å². The SMILES string of the molecule is COCC(C)(C)N1CC2CCCCN2CC1C(C)C. The van der Waals surface area contributed by atoms with E-state index in [1.165, 1.54) is 38.9 Å². The number of ether oxygens (including phenoxy) is 1. The maximum absolute atomic E-state index is 5.47. The molecule has 0 radical (unpaired) electrons. The summed E-state index contributed by atoms with van der Waals surface area (Å²) in [6.45, 7) is 14.0. The molecule has 0 N–H and O–H groups in total. The summed E-state index contributed by atoms with van der Waals surface area (Å²) in [4.78, 5) is 5.47. The van der Waals surface area contributed by atoms with Crippen LogP contribution in [-0.2, 0) is 4.74 Å². The second kappa shape index (κ2) is 6.11. The van der Waals surface area contributed by atoms with E-state index in [2.05, 4.69) is 37.5 Å². The third-order valence-corrected chi connectivity index (χ3v) is 5.02. The lowest BCUT2D eigenvalue weighted by atomic mass is 9.88. The molecule has 2 rings (SSSR count). The predicted octanol–water partition coefficient (Wildman–Crippen LogP) is 2.61. The van der Waals surface area contributed by atoms with Crippen LogP contribution < -0.4 is 0 Å². The average Bonchev–Trinajstić information content (AvgIpc) is 2.37. The maximum atomic E-state index is 5.47. The highest BCUT2D eigenvalue weighted by molar-refractivity contribution is 4.97. The number of nitrogens with zero attached hydrogens (tertiary/aromatic N) is 2. The summed E-state index contributed by atoms with van der Waals surface area (Å²) in [6, 6.07) is 1.44. The van der Waals surface area contributed by atoms with Gasteiger partial charge in [-0.15, -0.1) is 0 Å². The van der Waals surface area contributed by atoms with Crippen LogP contribution in [0.1, 0.15) is 47.0 Å². The van der Waals surface area contributed by atoms with Crippen molar-refractivity contribution in [1.82, 2.24) is 9.80 Å². The molecule has 0 spiro atoms. The summed E-state index contributed by atoms with van der Waals surface area (Å²) in [5, 5.41) is 0. The minimum absolute atomic E-state index is 0.146. The van der Waals surface area contributed by atoms with E-state index in [0.29, 0.717) is 12.0 Å². The molecule has 0 aliphatic carbocycles. The molecule has 0 bridgehead atoms. The summed E-state index contributed by atoms with van der Waals surface area (Å²) in [6.07, 6.45) is 4.18. The molecule has 2 fully saturated rings. The fraction of sp³-hybridized carbons (Fsp3) is 1.00. The van der Waals surface area contributed by atoms with Gasteiger partial charge in [-0.3, -0.25) is 9.80 Å². The first-order valence-corrected chi connectivity index (χ1v) is 7.95. The van der Waals surface area contributed by atoms with Crippen molar-refractivity contribution in [3.8, 4) is 0 Å². The molecule has 112 valence electrons. The van der Waals surface area contributed by atoms with Crippen LogP contribution in [0.2, 0.25) is 0 Å². The molecule has 0 aromatic heterocycles. The van der Waals surface area contributed by atoms with E-state index in [-0.39, 0.29) is 5.54 Å². The van der Waals surface area contributed by atoms with Crippen LogP contribution in [0.25, 0.3) is 0 Å². The molecule has 19 heavy (non-hydrogen) atoms. The highest BCUT2D eigenvalue weighted by Gasteiger charge is 2.42. The van der Waals surface area contributed by atoms with Crippen LogP contribution in [0.3, 0.4) is 0 Å². The molecule has 0 amide bonds. The van der Waals surface area contributed by atoms with Crippen LogP contribution >= 0.6 is 0 Å². The standard InChI is InChI=1S/C16H32N2O/c1-13(2)15-11-17-9-7-6-8-14(17)10-18(15)16(3,4)12-19-5/h13-15H,6-12H2,1-5H3. The zero-order valence-electron chi connectivity index (χ0n) is 13.5. The van der Waals surface area contributed by atoms with Crippen LogP contribution in [0.4, 0.5) is 0 Å². The largest absolute Gasteiger partial charge is 0.383 e. The van der Waals surface area contributed by atoms with Crippen LogP contribution in [0.15, 0.2) is 0 Å². The number of piperidine rings is 1. The smallest absolute Gasteiger partial charge is 0.0641 e. The molecular formula is C16H32N2O. The molecule has 2 aliphatic rings. The van der Waals surface area contributed by atoms with Gasteiger partial charge in [0, 0.05) is 37.8 Å². The molecule has 0 saturated carbocycles. The summed E-state index contributed by atoms with van der Waals surface area (Å²) in [7, 11) is 1.82. The zero-order chi connectivity index (χ0) is 14.0. The lowest BCUT2D eigenvalue weighted by Gasteiger charge is -2.55. The quantitative estimate of drug-likeness (QED) is 0.779. The predicted molar refractivity (Wildman–Crippen MR) is 80.5 cm³/mol. The first-order chi connectivity index (χ1) is 8.95. The molecule has 0 aromatic rings. The van der Waals surface area contributed by atoms with Gasteiger partial charge in [-0.25, -0.2) is 0 Å². The summed E-state index contributed by atoms with van der Waals surface area (Å²) >= 11 is 0. The minimum Gasteiger partial charge on any atom is -0.383 e. The number of methoxy groups -OCH3 is 1. The van der Waals surface area contributed by atoms with Gasteiger partial charge in [-0.2, -0.15) is 0 Å². The van der Waals surface area contributed by atoms with Crippen molar-refractivity contribution >= 4 is 0 Å². The number of hydrogen-bond acceptors (Lipinski definition) is 3. The Morgan fingerprint density at radius 1 is 1.21 bits per heavy atom. The molecule has 3 nitrogen and oxygen atoms in total. The molecule has 0 aromatic carbocycles. The van der Waals surface area contributed by atoms with Gasteiger partial charge in [0.1, 0.15) is 0 Å². The fourth-order valence-electron chi connectivity index (χ4n) is 3.91. The van der Waals surface area contributed by atoms with Gasteiger partial charge in [0.2, 0.25) is 0 Å². The Morgan fingerprint density at radius 2 is 1.95 bits per heavy atom. The monoisotopic (exact) mass is 268 g/mol. The lowest BCUT2D eigenvalue weighted by molar-refractivity contribution is -0.0770. The molecular weight excluding hydrogens is 236 g/mol. The molecule has 2 saturated heterocycles. The average molecular weight is 268 g/mol. The summed E-state index contributed by atoms with van der Waals surface area (Å²) < 4.78 is 5.47. The lowest BCUT2D eigenvalue weighted by Crippen LogP contribution is -2.66. The van der Waals surface area contributed by atoms with Crippen LogP contribution in [0, 0.1) is 5.92 Å². The maximum Gasteiger partial charge on any atom is 0.0641 e. The second-order valence-corrected chi connectivity index (χ2v) is 7.35. The van der Waals surface area contributed by atoms with E-state index >= 15 is 0 Å². The molecule has 2 atom stereocenters. The van der Waals surface area contributed by atoms with Crippen molar-refractivity contribution in [3.05, 3.63) is 0 Å². The van der Waals surface area contributed by atoms with E-state index in [0.717, 1.165) is 12.6 Å². The Balaban J connectivity index is 2.14. The van der Waals surface area contributed by atoms with Crippen molar-refractivity contribution in [1.29, 1.82) is 0 Å². The number of hydrogen-bond donors (Lipinski definition) is 0. The molecule has 2 aliphatic heterocycles. The van der Waals surface area contributed by atoms with E-state index in [4.69, 9.17) is 4.74 Å². The van der Waals surface area contributed by atoms with Crippen molar-refractivity contribution < 1.29 is 4.74 Å². The number of rotatable bonds is 4. The number of fused-ring (bicyclic) bond motifs is 1. The van der Waals surface area contributed by atoms with E-state index in [9.17, 15) is 0 Å². The van der Waals surface area contributed by atoms with Crippen LogP contribution in [-0.4, -0.2) is 60.8 Å². The van der Waals surface area contributed by atoms with E-state index < -0.39 is 0 Å². The topological polar surface area (TPSA) is 15.7 Å². The van der Waals surface area contributed by atoms with E-state index in [1.54, 1.807) is 0 Å². The van der Waals surface area contributed by atoms with Gasteiger partial charge >= 0.3 is 0 Å². The Hall–Kier alpha value is -0.120. The van der Waals surface area contributed by atoms with Crippen molar-refractivity contribution in [2.45, 2.75) is 64.6 Å². The third-order valence-electron chi connectivity index (χ3n) is 5.02. The van der Waals surface area contributed by atoms with Crippen molar-refractivity contribution in [2.75, 3.05) is 33.4 Å². The van der Waals surface area contributed by atoms with Crippen molar-refractivity contribution in [3.63, 3.8) is 0 Å². The normalized spacial score (nSPS) is 30.6. The van der Waals surface area contributed by atoms with Gasteiger partial charge in [0.15, 0.2) is 0 Å². The highest BCUT2D eigenvalue weighted by Crippen LogP contribution is 2.31. The molecule has 2 unspecified atom stereocenters. The van der Waals surface area contributed by atoms with Crippen molar-refractivity contribution in [2.24, 2.45) is 5.92 Å². The first-order valence-electron chi connectivity index (χ1n) is 7.95.